The molecule has 162 valence electrons. The van der Waals surface area contributed by atoms with Gasteiger partial charge in [0.2, 0.25) is 5.91 Å². The van der Waals surface area contributed by atoms with E-state index >= 15 is 0 Å². The number of rotatable bonds is 8. The zero-order chi connectivity index (χ0) is 22.3. The van der Waals surface area contributed by atoms with Crippen molar-refractivity contribution in [1.29, 1.82) is 0 Å². The number of nitrogens with one attached hydrogen (secondary N) is 1. The summed E-state index contributed by atoms with van der Waals surface area (Å²) in [4.78, 5) is 27.5. The summed E-state index contributed by atoms with van der Waals surface area (Å²) < 4.78 is 18.9. The number of aryl methyl sites for hydroxylation is 1. The molecule has 5 nitrogen and oxygen atoms in total. The predicted molar refractivity (Wildman–Crippen MR) is 116 cm³/mol. The lowest BCUT2D eigenvalue weighted by atomic mass is 10.1. The van der Waals surface area contributed by atoms with Crippen LogP contribution >= 0.6 is 0 Å². The SMILES string of the molecule is CC[C@@H](C(=O)NC(C)(C)C)N(Cc1ccc(F)cc1)C(=O)COc1ccc(C)cc1. The maximum Gasteiger partial charge on any atom is 0.261 e. The van der Waals surface area contributed by atoms with Crippen LogP contribution in [0.15, 0.2) is 48.5 Å². The molecule has 0 bridgehead atoms. The zero-order valence-corrected chi connectivity index (χ0v) is 18.4. The fourth-order valence-corrected chi connectivity index (χ4v) is 3.02. The van der Waals surface area contributed by atoms with Crippen LogP contribution in [-0.4, -0.2) is 34.9 Å². The molecule has 2 amide bonds. The van der Waals surface area contributed by atoms with Crippen LogP contribution in [0.25, 0.3) is 0 Å². The highest BCUT2D eigenvalue weighted by molar-refractivity contribution is 5.88. The molecular weight excluding hydrogens is 383 g/mol. The van der Waals surface area contributed by atoms with Crippen LogP contribution in [0.3, 0.4) is 0 Å². The predicted octanol–water partition coefficient (Wildman–Crippen LogP) is 4.24. The molecule has 0 aliphatic heterocycles. The van der Waals surface area contributed by atoms with Gasteiger partial charge in [0.15, 0.2) is 6.61 Å². The first-order chi connectivity index (χ1) is 14.1. The third kappa shape index (κ3) is 7.17. The third-order valence-electron chi connectivity index (χ3n) is 4.53. The van der Waals surface area contributed by atoms with E-state index < -0.39 is 11.6 Å². The molecule has 30 heavy (non-hydrogen) atoms. The molecule has 2 aromatic rings. The number of amides is 2. The van der Waals surface area contributed by atoms with Crippen molar-refractivity contribution in [1.82, 2.24) is 10.2 Å². The van der Waals surface area contributed by atoms with Crippen LogP contribution in [-0.2, 0) is 16.1 Å². The highest BCUT2D eigenvalue weighted by Crippen LogP contribution is 2.16. The lowest BCUT2D eigenvalue weighted by molar-refractivity contribution is -0.143. The molecule has 0 aliphatic rings. The lowest BCUT2D eigenvalue weighted by Gasteiger charge is -2.33. The monoisotopic (exact) mass is 414 g/mol. The summed E-state index contributed by atoms with van der Waals surface area (Å²) in [6.45, 7) is 9.51. The fourth-order valence-electron chi connectivity index (χ4n) is 3.02. The van der Waals surface area contributed by atoms with Gasteiger partial charge in [-0.15, -0.1) is 0 Å². The summed E-state index contributed by atoms with van der Waals surface area (Å²) >= 11 is 0. The van der Waals surface area contributed by atoms with Gasteiger partial charge in [-0.05, 0) is 63.9 Å². The van der Waals surface area contributed by atoms with Gasteiger partial charge >= 0.3 is 0 Å². The van der Waals surface area contributed by atoms with E-state index in [1.807, 2.05) is 46.8 Å². The maximum atomic E-state index is 13.3. The molecule has 0 spiro atoms. The molecular formula is C24H31FN2O3. The van der Waals surface area contributed by atoms with Gasteiger partial charge in [-0.2, -0.15) is 0 Å². The number of carbonyl (C=O) groups excluding carboxylic acids is 2. The second-order valence-corrected chi connectivity index (χ2v) is 8.41. The van der Waals surface area contributed by atoms with Crippen LogP contribution in [0, 0.1) is 12.7 Å². The van der Waals surface area contributed by atoms with Crippen LogP contribution in [0.1, 0.15) is 45.2 Å². The second kappa shape index (κ2) is 10.2. The van der Waals surface area contributed by atoms with Crippen molar-refractivity contribution in [3.63, 3.8) is 0 Å². The van der Waals surface area contributed by atoms with Crippen molar-refractivity contribution in [2.45, 2.75) is 59.2 Å². The molecule has 2 aromatic carbocycles. The molecule has 0 unspecified atom stereocenters. The molecule has 0 heterocycles. The largest absolute Gasteiger partial charge is 0.484 e. The lowest BCUT2D eigenvalue weighted by Crippen LogP contribution is -2.54. The van der Waals surface area contributed by atoms with Gasteiger partial charge in [0.05, 0.1) is 0 Å². The normalized spacial score (nSPS) is 12.2. The minimum atomic E-state index is -0.664. The number of benzene rings is 2. The van der Waals surface area contributed by atoms with E-state index in [9.17, 15) is 14.0 Å². The third-order valence-corrected chi connectivity index (χ3v) is 4.53. The minimum Gasteiger partial charge on any atom is -0.484 e. The molecule has 2 rings (SSSR count). The van der Waals surface area contributed by atoms with Gasteiger partial charge in [0, 0.05) is 12.1 Å². The number of carbonyl (C=O) groups is 2. The van der Waals surface area contributed by atoms with Crippen molar-refractivity contribution >= 4 is 11.8 Å². The van der Waals surface area contributed by atoms with Gasteiger partial charge in [-0.25, -0.2) is 4.39 Å². The Balaban J connectivity index is 2.21. The topological polar surface area (TPSA) is 58.6 Å². The Bertz CT molecular complexity index is 842. The highest BCUT2D eigenvalue weighted by Gasteiger charge is 2.30. The number of hydrogen-bond acceptors (Lipinski definition) is 3. The molecule has 1 atom stereocenters. The first-order valence-corrected chi connectivity index (χ1v) is 10.1. The average molecular weight is 415 g/mol. The van der Waals surface area contributed by atoms with Crippen LogP contribution in [0.4, 0.5) is 4.39 Å². The molecule has 1 N–H and O–H groups in total. The highest BCUT2D eigenvalue weighted by atomic mass is 19.1. The van der Waals surface area contributed by atoms with E-state index in [0.717, 1.165) is 11.1 Å². The Kier molecular flexibility index (Phi) is 7.98. The van der Waals surface area contributed by atoms with Crippen LogP contribution in [0.5, 0.6) is 5.75 Å². The van der Waals surface area contributed by atoms with Gasteiger partial charge in [-0.1, -0.05) is 36.8 Å². The first-order valence-electron chi connectivity index (χ1n) is 10.1. The second-order valence-electron chi connectivity index (χ2n) is 8.41. The number of halogens is 1. The smallest absolute Gasteiger partial charge is 0.261 e. The molecule has 0 radical (unpaired) electrons. The van der Waals surface area contributed by atoms with E-state index in [4.69, 9.17) is 4.74 Å². The standard InChI is InChI=1S/C24H31FN2O3/c1-6-21(23(29)26-24(3,4)5)27(15-18-9-11-19(25)12-10-18)22(28)16-30-20-13-7-17(2)8-14-20/h7-14,21H,6,15-16H2,1-5H3,(H,26,29)/t21-/m0/s1. The fraction of sp³-hybridized carbons (Fsp3) is 0.417. The summed E-state index contributed by atoms with van der Waals surface area (Å²) in [6.07, 6.45) is 0.444. The molecule has 0 saturated carbocycles. The van der Waals surface area contributed by atoms with E-state index in [-0.39, 0.29) is 30.8 Å². The molecule has 0 aromatic heterocycles. The van der Waals surface area contributed by atoms with Crippen LogP contribution < -0.4 is 10.1 Å². The zero-order valence-electron chi connectivity index (χ0n) is 18.4. The van der Waals surface area contributed by atoms with Crippen molar-refractivity contribution < 1.29 is 18.7 Å². The van der Waals surface area contributed by atoms with Crippen molar-refractivity contribution in [2.24, 2.45) is 0 Å². The van der Waals surface area contributed by atoms with Gasteiger partial charge < -0.3 is 15.0 Å². The number of nitrogens with zero attached hydrogens (tertiary/aromatic N) is 1. The Hall–Kier alpha value is -2.89. The molecule has 0 aliphatic carbocycles. The maximum absolute atomic E-state index is 13.3. The molecule has 0 fully saturated rings. The number of hydrogen-bond donors (Lipinski definition) is 1. The van der Waals surface area contributed by atoms with E-state index in [1.165, 1.54) is 17.0 Å². The Labute approximate surface area is 178 Å². The Morgan fingerprint density at radius 1 is 1.07 bits per heavy atom. The summed E-state index contributed by atoms with van der Waals surface area (Å²) in [5.41, 5.74) is 1.41. The van der Waals surface area contributed by atoms with Gasteiger partial charge in [-0.3, -0.25) is 9.59 Å². The van der Waals surface area contributed by atoms with Gasteiger partial charge in [0.25, 0.3) is 5.91 Å². The molecule has 6 heteroatoms. The van der Waals surface area contributed by atoms with Crippen molar-refractivity contribution in [3.8, 4) is 5.75 Å². The Morgan fingerprint density at radius 2 is 1.67 bits per heavy atom. The first kappa shape index (κ1) is 23.4. The van der Waals surface area contributed by atoms with E-state index in [2.05, 4.69) is 5.32 Å². The summed E-state index contributed by atoms with van der Waals surface area (Å²) in [7, 11) is 0. The minimum absolute atomic E-state index is 0.187. The van der Waals surface area contributed by atoms with Gasteiger partial charge in [0.1, 0.15) is 17.6 Å². The van der Waals surface area contributed by atoms with Crippen LogP contribution in [0.2, 0.25) is 0 Å². The quantitative estimate of drug-likeness (QED) is 0.703. The summed E-state index contributed by atoms with van der Waals surface area (Å²) in [5, 5.41) is 2.95. The van der Waals surface area contributed by atoms with E-state index in [0.29, 0.717) is 12.2 Å². The number of ether oxygens (including phenoxy) is 1. The van der Waals surface area contributed by atoms with E-state index in [1.54, 1.807) is 24.3 Å². The summed E-state index contributed by atoms with van der Waals surface area (Å²) in [6, 6.07) is 12.7. The average Bonchev–Trinajstić information content (AvgIpc) is 2.67. The molecule has 0 saturated heterocycles. The van der Waals surface area contributed by atoms with Crippen molar-refractivity contribution in [2.75, 3.05) is 6.61 Å². The Morgan fingerprint density at radius 3 is 2.20 bits per heavy atom. The van der Waals surface area contributed by atoms with Crippen molar-refractivity contribution in [3.05, 3.63) is 65.5 Å². The summed E-state index contributed by atoms with van der Waals surface area (Å²) in [5.74, 6) is -0.300.